The first-order chi connectivity index (χ1) is 13.4. The first-order valence-corrected chi connectivity index (χ1v) is 9.42. The molecule has 3 saturated heterocycles. The number of nitrogens with one attached hydrogen (secondary N) is 1. The summed E-state index contributed by atoms with van der Waals surface area (Å²) in [7, 11) is 0. The van der Waals surface area contributed by atoms with Crippen LogP contribution in [0.25, 0.3) is 0 Å². The van der Waals surface area contributed by atoms with Crippen molar-refractivity contribution in [3.63, 3.8) is 0 Å². The van der Waals surface area contributed by atoms with Gasteiger partial charge in [0.15, 0.2) is 0 Å². The number of halogens is 1. The third kappa shape index (κ3) is 2.94. The summed E-state index contributed by atoms with van der Waals surface area (Å²) in [5.74, 6) is -3.73. The molecule has 2 atom stereocenters. The highest BCUT2D eigenvalue weighted by Crippen LogP contribution is 2.40. The highest BCUT2D eigenvalue weighted by molar-refractivity contribution is 6.18. The summed E-state index contributed by atoms with van der Waals surface area (Å²) in [5.41, 5.74) is 0.420. The maximum absolute atomic E-state index is 14.7. The van der Waals surface area contributed by atoms with Crippen molar-refractivity contribution >= 4 is 29.9 Å². The smallest absolute Gasteiger partial charge is 0.258 e. The molecule has 2 unspecified atom stereocenters. The van der Waals surface area contributed by atoms with E-state index in [1.54, 1.807) is 0 Å². The van der Waals surface area contributed by atoms with Crippen molar-refractivity contribution in [2.24, 2.45) is 11.8 Å². The highest BCUT2D eigenvalue weighted by Gasteiger charge is 2.51. The lowest BCUT2D eigenvalue weighted by Gasteiger charge is -2.35. The quantitative estimate of drug-likeness (QED) is 0.546. The van der Waals surface area contributed by atoms with Gasteiger partial charge in [0.05, 0.1) is 11.6 Å². The summed E-state index contributed by atoms with van der Waals surface area (Å²) in [4.78, 5) is 62.7. The van der Waals surface area contributed by atoms with E-state index in [0.717, 1.165) is 17.3 Å². The lowest BCUT2D eigenvalue weighted by molar-refractivity contribution is -0.150. The monoisotopic (exact) mass is 389 g/mol. The minimum absolute atomic E-state index is 0.0349. The average Bonchev–Trinajstić information content (AvgIpc) is 2.91. The molecule has 3 aliphatic heterocycles. The van der Waals surface area contributed by atoms with Crippen molar-refractivity contribution in [3.05, 3.63) is 23.2 Å². The Labute approximate surface area is 160 Å². The standard InChI is InChI=1S/C19H20FN3O5/c20-13-7-11-12(8-15(13)22-5-3-10(9-24)4-6-22)19(28)23(18(11)27)14-1-2-16(25)21-17(14)26/h7,9-10,12,14H,1-6,8H2,(H,21,25,26). The zero-order valence-electron chi connectivity index (χ0n) is 15.2. The Morgan fingerprint density at radius 3 is 2.46 bits per heavy atom. The number of rotatable bonds is 3. The number of allylic oxidation sites excluding steroid dienone is 3. The van der Waals surface area contributed by atoms with Gasteiger partial charge in [-0.2, -0.15) is 0 Å². The van der Waals surface area contributed by atoms with Gasteiger partial charge in [0, 0.05) is 37.4 Å². The number of imide groups is 2. The Bertz CT molecular complexity index is 841. The van der Waals surface area contributed by atoms with Gasteiger partial charge in [-0.25, -0.2) is 4.39 Å². The molecule has 0 aromatic heterocycles. The van der Waals surface area contributed by atoms with Gasteiger partial charge >= 0.3 is 0 Å². The molecular formula is C19H20FN3O5. The molecule has 3 heterocycles. The van der Waals surface area contributed by atoms with Crippen LogP contribution in [0, 0.1) is 11.8 Å². The maximum Gasteiger partial charge on any atom is 0.258 e. The van der Waals surface area contributed by atoms with Gasteiger partial charge in [0.1, 0.15) is 18.2 Å². The Kier molecular flexibility index (Phi) is 4.60. The Balaban J connectivity index is 1.55. The summed E-state index contributed by atoms with van der Waals surface area (Å²) in [5, 5.41) is 2.14. The molecule has 9 heteroatoms. The van der Waals surface area contributed by atoms with Crippen LogP contribution >= 0.6 is 0 Å². The molecule has 1 aliphatic carbocycles. The number of carbonyl (C=O) groups excluding carboxylic acids is 5. The molecule has 1 N–H and O–H groups in total. The molecule has 4 rings (SSSR count). The van der Waals surface area contributed by atoms with Crippen molar-refractivity contribution in [2.45, 2.75) is 38.1 Å². The molecule has 0 aromatic rings. The number of piperidine rings is 2. The summed E-state index contributed by atoms with van der Waals surface area (Å²) in [6, 6.07) is -1.04. The minimum Gasteiger partial charge on any atom is -0.372 e. The van der Waals surface area contributed by atoms with Crippen LogP contribution in [-0.4, -0.2) is 58.8 Å². The first-order valence-electron chi connectivity index (χ1n) is 9.42. The van der Waals surface area contributed by atoms with E-state index in [4.69, 9.17) is 0 Å². The molecule has 8 nitrogen and oxygen atoms in total. The van der Waals surface area contributed by atoms with Crippen molar-refractivity contribution in [3.8, 4) is 0 Å². The fourth-order valence-electron chi connectivity index (χ4n) is 4.37. The van der Waals surface area contributed by atoms with Crippen LogP contribution < -0.4 is 5.32 Å². The second kappa shape index (κ2) is 6.96. The zero-order valence-corrected chi connectivity index (χ0v) is 15.2. The van der Waals surface area contributed by atoms with Crippen LogP contribution in [0.15, 0.2) is 23.2 Å². The van der Waals surface area contributed by atoms with Crippen LogP contribution in [0.4, 0.5) is 4.39 Å². The fourth-order valence-corrected chi connectivity index (χ4v) is 4.37. The fraction of sp³-hybridized carbons (Fsp3) is 0.526. The van der Waals surface area contributed by atoms with Crippen molar-refractivity contribution in [1.82, 2.24) is 15.1 Å². The summed E-state index contributed by atoms with van der Waals surface area (Å²) in [6.45, 7) is 1.03. The molecule has 0 radical (unpaired) electrons. The van der Waals surface area contributed by atoms with Crippen LogP contribution in [0.3, 0.4) is 0 Å². The molecule has 0 saturated carbocycles. The molecular weight excluding hydrogens is 369 g/mol. The van der Waals surface area contributed by atoms with E-state index in [1.807, 2.05) is 4.90 Å². The van der Waals surface area contributed by atoms with Crippen molar-refractivity contribution in [1.29, 1.82) is 0 Å². The summed E-state index contributed by atoms with van der Waals surface area (Å²) >= 11 is 0. The lowest BCUT2D eigenvalue weighted by atomic mass is 9.89. The number of nitrogens with zero attached hydrogens (tertiary/aromatic N) is 2. The number of likely N-dealkylation sites (tertiary alicyclic amines) is 2. The molecule has 3 fully saturated rings. The van der Waals surface area contributed by atoms with Gasteiger partial charge in [-0.3, -0.25) is 29.4 Å². The number of fused-ring (bicyclic) bond motifs is 1. The number of carbonyl (C=O) groups is 5. The molecule has 148 valence electrons. The molecule has 0 bridgehead atoms. The predicted octanol–water partition coefficient (Wildman–Crippen LogP) is 0.199. The zero-order chi connectivity index (χ0) is 20.0. The highest BCUT2D eigenvalue weighted by atomic mass is 19.1. The van der Waals surface area contributed by atoms with Crippen molar-refractivity contribution in [2.75, 3.05) is 13.1 Å². The van der Waals surface area contributed by atoms with Crippen LogP contribution in [-0.2, 0) is 24.0 Å². The topological polar surface area (TPSA) is 104 Å². The summed E-state index contributed by atoms with van der Waals surface area (Å²) < 4.78 is 14.7. The van der Waals surface area contributed by atoms with Gasteiger partial charge in [-0.15, -0.1) is 0 Å². The first kappa shape index (κ1) is 18.5. The van der Waals surface area contributed by atoms with E-state index < -0.39 is 41.4 Å². The van der Waals surface area contributed by atoms with E-state index in [0.29, 0.717) is 31.6 Å². The van der Waals surface area contributed by atoms with E-state index in [-0.39, 0.29) is 30.8 Å². The largest absolute Gasteiger partial charge is 0.372 e. The number of hydrogen-bond donors (Lipinski definition) is 1. The number of aldehydes is 1. The normalized spacial score (nSPS) is 29.1. The molecule has 4 aliphatic rings. The van der Waals surface area contributed by atoms with Crippen molar-refractivity contribution < 1.29 is 28.4 Å². The van der Waals surface area contributed by atoms with Gasteiger partial charge in [0.2, 0.25) is 17.7 Å². The van der Waals surface area contributed by atoms with Crippen LogP contribution in [0.2, 0.25) is 0 Å². The van der Waals surface area contributed by atoms with Crippen LogP contribution in [0.1, 0.15) is 32.1 Å². The van der Waals surface area contributed by atoms with E-state index in [9.17, 15) is 28.4 Å². The number of amides is 4. The lowest BCUT2D eigenvalue weighted by Crippen LogP contribution is -2.54. The SMILES string of the molecule is O=CC1CCN(C2=C(F)C=C3C(=O)N(C4CCC(=O)NC4=O)C(=O)C3C2)CC1. The van der Waals surface area contributed by atoms with Crippen LogP contribution in [0.5, 0.6) is 0 Å². The number of hydrogen-bond acceptors (Lipinski definition) is 6. The third-order valence-electron chi connectivity index (χ3n) is 5.97. The Morgan fingerprint density at radius 2 is 1.82 bits per heavy atom. The molecule has 4 amide bonds. The third-order valence-corrected chi connectivity index (χ3v) is 5.97. The van der Waals surface area contributed by atoms with Gasteiger partial charge in [-0.1, -0.05) is 0 Å². The minimum atomic E-state index is -1.04. The molecule has 0 aromatic carbocycles. The maximum atomic E-state index is 14.7. The second-order valence-electron chi connectivity index (χ2n) is 7.59. The Hall–Kier alpha value is -2.84. The summed E-state index contributed by atoms with van der Waals surface area (Å²) in [6.07, 6.45) is 3.43. The average molecular weight is 389 g/mol. The van der Waals surface area contributed by atoms with E-state index in [2.05, 4.69) is 5.32 Å². The van der Waals surface area contributed by atoms with Gasteiger partial charge in [0.25, 0.3) is 5.91 Å². The van der Waals surface area contributed by atoms with Gasteiger partial charge in [-0.05, 0) is 25.3 Å². The predicted molar refractivity (Wildman–Crippen MR) is 92.7 cm³/mol. The van der Waals surface area contributed by atoms with E-state index in [1.165, 1.54) is 0 Å². The molecule has 28 heavy (non-hydrogen) atoms. The van der Waals surface area contributed by atoms with E-state index >= 15 is 0 Å². The van der Waals surface area contributed by atoms with Gasteiger partial charge < -0.3 is 9.69 Å². The molecule has 0 spiro atoms. The Morgan fingerprint density at radius 1 is 1.11 bits per heavy atom. The second-order valence-corrected chi connectivity index (χ2v) is 7.59.